The summed E-state index contributed by atoms with van der Waals surface area (Å²) >= 11 is 0. The summed E-state index contributed by atoms with van der Waals surface area (Å²) in [4.78, 5) is 5.17. The van der Waals surface area contributed by atoms with Gasteiger partial charge in [0, 0.05) is 50.9 Å². The molecule has 244 valence electrons. The Morgan fingerprint density at radius 1 is 0.340 bits per heavy atom. The van der Waals surface area contributed by atoms with E-state index in [4.69, 9.17) is 0 Å². The van der Waals surface area contributed by atoms with Crippen molar-refractivity contribution in [2.24, 2.45) is 0 Å². The van der Waals surface area contributed by atoms with Gasteiger partial charge in [0.15, 0.2) is 0 Å². The molecule has 0 unspecified atom stereocenters. The van der Waals surface area contributed by atoms with Crippen LogP contribution in [0.3, 0.4) is 0 Å². The van der Waals surface area contributed by atoms with Crippen LogP contribution in [0, 0.1) is 0 Å². The van der Waals surface area contributed by atoms with E-state index in [1.807, 2.05) is 0 Å². The molecule has 0 atom stereocenters. The van der Waals surface area contributed by atoms with Crippen LogP contribution in [-0.2, 0) is 0 Å². The molecule has 53 heavy (non-hydrogen) atoms. The molecule has 4 aliphatic rings. The van der Waals surface area contributed by atoms with Crippen molar-refractivity contribution in [2.75, 3.05) is 15.1 Å². The minimum Gasteiger partial charge on any atom is -0.356 e. The highest BCUT2D eigenvalue weighted by Crippen LogP contribution is 2.51. The van der Waals surface area contributed by atoms with Gasteiger partial charge in [-0.3, -0.25) is 0 Å². The molecule has 4 aliphatic heterocycles. The molecule has 0 bridgehead atoms. The van der Waals surface area contributed by atoms with Crippen LogP contribution in [0.2, 0.25) is 0 Å². The van der Waals surface area contributed by atoms with Crippen molar-refractivity contribution in [3.63, 3.8) is 0 Å². The molecule has 0 saturated carbocycles. The highest BCUT2D eigenvalue weighted by molar-refractivity contribution is 7.04. The number of fused-ring (bicyclic) bond motifs is 10. The Bertz CT molecular complexity index is 2730. The van der Waals surface area contributed by atoms with Gasteiger partial charge in [0.25, 0.3) is 13.4 Å². The van der Waals surface area contributed by atoms with Gasteiger partial charge in [0.1, 0.15) is 0 Å². The van der Waals surface area contributed by atoms with E-state index in [1.54, 1.807) is 0 Å². The molecule has 0 spiro atoms. The van der Waals surface area contributed by atoms with Gasteiger partial charge in [0.2, 0.25) is 0 Å². The minimum absolute atomic E-state index is 0.0670. The Hall–Kier alpha value is -6.71. The van der Waals surface area contributed by atoms with Crippen molar-refractivity contribution >= 4 is 91.7 Å². The Kier molecular flexibility index (Phi) is 5.95. The van der Waals surface area contributed by atoms with Gasteiger partial charge >= 0.3 is 0 Å². The van der Waals surface area contributed by atoms with E-state index in [1.165, 1.54) is 101 Å². The van der Waals surface area contributed by atoms with E-state index in [9.17, 15) is 0 Å². The number of anilines is 8. The number of hydrogen-bond acceptors (Lipinski definition) is 3. The third-order valence-electron chi connectivity index (χ3n) is 11.8. The molecule has 0 aliphatic carbocycles. The lowest BCUT2D eigenvalue weighted by Gasteiger charge is -2.49. The number of para-hydroxylation sites is 5. The van der Waals surface area contributed by atoms with Gasteiger partial charge in [-0.1, -0.05) is 152 Å². The lowest BCUT2D eigenvalue weighted by molar-refractivity contribution is 1.26. The number of benzene rings is 8. The average molecular weight is 671 g/mol. The first kappa shape index (κ1) is 28.9. The van der Waals surface area contributed by atoms with Gasteiger partial charge < -0.3 is 15.1 Å². The van der Waals surface area contributed by atoms with E-state index < -0.39 is 0 Å². The summed E-state index contributed by atoms with van der Waals surface area (Å²) in [5.74, 6) is 0. The van der Waals surface area contributed by atoms with Crippen molar-refractivity contribution in [1.82, 2.24) is 0 Å². The smallest absolute Gasteiger partial charge is 0.252 e. The highest BCUT2D eigenvalue weighted by Gasteiger charge is 2.50. The molecule has 0 aromatic heterocycles. The van der Waals surface area contributed by atoms with Crippen molar-refractivity contribution < 1.29 is 0 Å². The Morgan fingerprint density at radius 2 is 0.792 bits per heavy atom. The topological polar surface area (TPSA) is 18.5 Å². The monoisotopic (exact) mass is 671 g/mol. The van der Waals surface area contributed by atoms with Gasteiger partial charge in [-0.25, -0.2) is 0 Å². The summed E-state index contributed by atoms with van der Waals surface area (Å²) in [7, 11) is 0. The molecular formula is C48H31B2N3. The van der Waals surface area contributed by atoms with Crippen LogP contribution < -0.4 is 47.9 Å². The molecule has 4 heterocycles. The summed E-state index contributed by atoms with van der Waals surface area (Å²) in [6.07, 6.45) is 0. The Morgan fingerprint density at radius 3 is 1.36 bits per heavy atom. The summed E-state index contributed by atoms with van der Waals surface area (Å²) < 4.78 is 0. The standard InChI is InChI=1S/C48H31B2N3/c1-3-16-31(17-4-1)33-20-15-21-34(32-18-5-2-6-19-32)47(33)53-43-29-14-10-25-38(43)50-37-24-9-13-28-42(37)52-41-27-12-8-23-36(41)49-35-22-7-11-26-39(35)51-40-30-44(53)46(50)48(52)45(40)49/h1-30,51H. The molecule has 0 fully saturated rings. The average Bonchev–Trinajstić information content (AvgIpc) is 3.23. The zero-order valence-corrected chi connectivity index (χ0v) is 28.9. The quantitative estimate of drug-likeness (QED) is 0.192. The van der Waals surface area contributed by atoms with Crippen LogP contribution in [0.25, 0.3) is 22.3 Å². The van der Waals surface area contributed by atoms with Crippen molar-refractivity contribution in [3.8, 4) is 22.3 Å². The molecule has 12 rings (SSSR count). The van der Waals surface area contributed by atoms with Gasteiger partial charge in [-0.05, 0) is 74.2 Å². The summed E-state index contributed by atoms with van der Waals surface area (Å²) in [6, 6.07) is 67.2. The number of nitrogens with zero attached hydrogens (tertiary/aromatic N) is 2. The number of rotatable bonds is 3. The first-order chi connectivity index (χ1) is 26.3. The van der Waals surface area contributed by atoms with E-state index in [2.05, 4.69) is 197 Å². The predicted octanol–water partition coefficient (Wildman–Crippen LogP) is 7.99. The maximum absolute atomic E-state index is 3.98. The van der Waals surface area contributed by atoms with Crippen LogP contribution in [0.1, 0.15) is 0 Å². The second kappa shape index (κ2) is 10.9. The molecule has 0 amide bonds. The summed E-state index contributed by atoms with van der Waals surface area (Å²) in [5, 5.41) is 3.98. The molecule has 5 heteroatoms. The molecule has 8 aromatic rings. The highest BCUT2D eigenvalue weighted by atomic mass is 15.2. The van der Waals surface area contributed by atoms with Crippen molar-refractivity contribution in [3.05, 3.63) is 182 Å². The number of hydrogen-bond donors (Lipinski definition) is 1. The van der Waals surface area contributed by atoms with Crippen LogP contribution >= 0.6 is 0 Å². The van der Waals surface area contributed by atoms with Gasteiger partial charge in [-0.15, -0.1) is 0 Å². The third kappa shape index (κ3) is 3.91. The molecule has 0 saturated heterocycles. The summed E-state index contributed by atoms with van der Waals surface area (Å²) in [6.45, 7) is 0.181. The first-order valence-corrected chi connectivity index (χ1v) is 18.5. The molecule has 0 radical (unpaired) electrons. The summed E-state index contributed by atoms with van der Waals surface area (Å²) in [5.41, 5.74) is 22.6. The molecule has 3 nitrogen and oxygen atoms in total. The predicted molar refractivity (Wildman–Crippen MR) is 226 cm³/mol. The maximum Gasteiger partial charge on any atom is 0.252 e. The Labute approximate surface area is 310 Å². The Balaban J connectivity index is 1.25. The zero-order valence-electron chi connectivity index (χ0n) is 28.9. The van der Waals surface area contributed by atoms with E-state index in [-0.39, 0.29) is 13.4 Å². The maximum atomic E-state index is 3.98. The van der Waals surface area contributed by atoms with Crippen LogP contribution in [-0.4, -0.2) is 13.4 Å². The minimum atomic E-state index is 0.0670. The largest absolute Gasteiger partial charge is 0.356 e. The van der Waals surface area contributed by atoms with Gasteiger partial charge in [0.05, 0.1) is 5.69 Å². The number of nitrogens with one attached hydrogen (secondary N) is 1. The molecular weight excluding hydrogens is 640 g/mol. The van der Waals surface area contributed by atoms with E-state index in [0.717, 1.165) is 0 Å². The van der Waals surface area contributed by atoms with Gasteiger partial charge in [-0.2, -0.15) is 0 Å². The normalized spacial score (nSPS) is 13.7. The lowest BCUT2D eigenvalue weighted by Crippen LogP contribution is -2.68. The fourth-order valence-electron chi connectivity index (χ4n) is 9.79. The van der Waals surface area contributed by atoms with Crippen LogP contribution in [0.4, 0.5) is 45.5 Å². The lowest BCUT2D eigenvalue weighted by atomic mass is 9.29. The fraction of sp³-hybridized carbons (Fsp3) is 0. The zero-order chi connectivity index (χ0) is 34.6. The molecule has 1 N–H and O–H groups in total. The van der Waals surface area contributed by atoms with Crippen molar-refractivity contribution in [2.45, 2.75) is 0 Å². The second-order valence-corrected chi connectivity index (χ2v) is 14.5. The van der Waals surface area contributed by atoms with Crippen LogP contribution in [0.5, 0.6) is 0 Å². The molecule has 8 aromatic carbocycles. The van der Waals surface area contributed by atoms with E-state index in [0.29, 0.717) is 0 Å². The second-order valence-electron chi connectivity index (χ2n) is 14.5. The van der Waals surface area contributed by atoms with E-state index >= 15 is 0 Å². The fourth-order valence-corrected chi connectivity index (χ4v) is 9.79. The third-order valence-corrected chi connectivity index (χ3v) is 11.8. The first-order valence-electron chi connectivity index (χ1n) is 18.5. The van der Waals surface area contributed by atoms with Crippen molar-refractivity contribution in [1.29, 1.82) is 0 Å². The van der Waals surface area contributed by atoms with Crippen LogP contribution in [0.15, 0.2) is 182 Å². The SMILES string of the molecule is c1ccc(-c2cccc(-c3ccccc3)c2N2c3ccccc3B3c4ccccc4N4c5ccccc5B5c6ccccc6Nc6cc2c3c4c65)cc1.